The summed E-state index contributed by atoms with van der Waals surface area (Å²) in [5.74, 6) is -0.0433. The van der Waals surface area contributed by atoms with Crippen LogP contribution in [0.1, 0.15) is 19.4 Å². The minimum Gasteiger partial charge on any atom is -0.384 e. The molecule has 0 saturated carbocycles. The maximum absolute atomic E-state index is 11.5. The van der Waals surface area contributed by atoms with Gasteiger partial charge in [0.25, 0.3) is 0 Å². The maximum atomic E-state index is 11.5. The summed E-state index contributed by atoms with van der Waals surface area (Å²) < 4.78 is 25.5. The molecule has 0 heterocycles. The lowest BCUT2D eigenvalue weighted by atomic mass is 10.2. The van der Waals surface area contributed by atoms with Crippen molar-refractivity contribution in [3.63, 3.8) is 0 Å². The van der Waals surface area contributed by atoms with E-state index in [1.54, 1.807) is 38.1 Å². The van der Waals surface area contributed by atoms with Gasteiger partial charge in [-0.05, 0) is 38.1 Å². The molecule has 0 aromatic heterocycles. The van der Waals surface area contributed by atoms with Gasteiger partial charge in [0, 0.05) is 11.3 Å². The van der Waals surface area contributed by atoms with Gasteiger partial charge in [0.15, 0.2) is 0 Å². The fraction of sp³-hybridized carbons (Fsp3) is 0.300. The summed E-state index contributed by atoms with van der Waals surface area (Å²) in [5, 5.41) is 6.71. The lowest BCUT2D eigenvalue weighted by Crippen LogP contribution is -2.22. The van der Waals surface area contributed by atoms with E-state index < -0.39 is 15.3 Å². The Morgan fingerprint density at radius 1 is 1.31 bits per heavy atom. The van der Waals surface area contributed by atoms with E-state index in [0.29, 0.717) is 11.3 Å². The number of hydrogen-bond donors (Lipinski definition) is 3. The highest BCUT2D eigenvalue weighted by molar-refractivity contribution is 7.93. The largest absolute Gasteiger partial charge is 0.384 e. The number of benzene rings is 1. The summed E-state index contributed by atoms with van der Waals surface area (Å²) in [6.45, 7) is 3.21. The molecule has 0 atom stereocenters. The van der Waals surface area contributed by atoms with Crippen molar-refractivity contribution >= 4 is 21.5 Å². The zero-order valence-corrected chi connectivity index (χ0v) is 10.0. The SMILES string of the molecule is CC(C)S(=O)(=O)Nc1ccc(C(=N)N)cc1. The van der Waals surface area contributed by atoms with E-state index in [1.807, 2.05) is 0 Å². The van der Waals surface area contributed by atoms with Crippen LogP contribution >= 0.6 is 0 Å². The number of amidine groups is 1. The van der Waals surface area contributed by atoms with Gasteiger partial charge in [-0.3, -0.25) is 10.1 Å². The van der Waals surface area contributed by atoms with Gasteiger partial charge in [-0.2, -0.15) is 0 Å². The van der Waals surface area contributed by atoms with Gasteiger partial charge >= 0.3 is 0 Å². The van der Waals surface area contributed by atoms with Crippen molar-refractivity contribution in [3.8, 4) is 0 Å². The molecule has 1 rings (SSSR count). The number of nitrogen functional groups attached to an aromatic ring is 1. The number of nitrogens with two attached hydrogens (primary N) is 1. The number of sulfonamides is 1. The van der Waals surface area contributed by atoms with Crippen LogP contribution in [0.4, 0.5) is 5.69 Å². The quantitative estimate of drug-likeness (QED) is 0.544. The zero-order valence-electron chi connectivity index (χ0n) is 9.19. The van der Waals surface area contributed by atoms with Crippen LogP contribution in [-0.4, -0.2) is 19.5 Å². The molecule has 0 saturated heterocycles. The smallest absolute Gasteiger partial charge is 0.235 e. The van der Waals surface area contributed by atoms with E-state index >= 15 is 0 Å². The Balaban J connectivity index is 2.89. The highest BCUT2D eigenvalue weighted by atomic mass is 32.2. The third-order valence-electron chi connectivity index (χ3n) is 2.08. The molecule has 0 spiro atoms. The van der Waals surface area contributed by atoms with Crippen LogP contribution in [0, 0.1) is 5.41 Å². The lowest BCUT2D eigenvalue weighted by Gasteiger charge is -2.10. The summed E-state index contributed by atoms with van der Waals surface area (Å²) >= 11 is 0. The van der Waals surface area contributed by atoms with Crippen LogP contribution in [0.25, 0.3) is 0 Å². The van der Waals surface area contributed by atoms with E-state index in [2.05, 4.69) is 4.72 Å². The van der Waals surface area contributed by atoms with Gasteiger partial charge in [0.2, 0.25) is 10.0 Å². The third-order valence-corrected chi connectivity index (χ3v) is 3.84. The van der Waals surface area contributed by atoms with Crippen LogP contribution < -0.4 is 10.5 Å². The molecule has 0 radical (unpaired) electrons. The predicted octanol–water partition coefficient (Wildman–Crippen LogP) is 1.12. The lowest BCUT2D eigenvalue weighted by molar-refractivity contribution is 0.593. The average molecular weight is 241 g/mol. The molecule has 88 valence electrons. The molecular weight excluding hydrogens is 226 g/mol. The average Bonchev–Trinajstić information content (AvgIpc) is 2.17. The molecule has 1 aromatic rings. The molecule has 6 heteroatoms. The first-order chi connectivity index (χ1) is 7.33. The number of nitrogens with one attached hydrogen (secondary N) is 2. The molecule has 0 bridgehead atoms. The van der Waals surface area contributed by atoms with E-state index in [1.165, 1.54) is 0 Å². The number of anilines is 1. The zero-order chi connectivity index (χ0) is 12.3. The van der Waals surface area contributed by atoms with Crippen LogP contribution in [0.5, 0.6) is 0 Å². The number of rotatable bonds is 4. The molecule has 5 nitrogen and oxygen atoms in total. The predicted molar refractivity (Wildman–Crippen MR) is 65.1 cm³/mol. The van der Waals surface area contributed by atoms with Crippen LogP contribution in [0.3, 0.4) is 0 Å². The Morgan fingerprint density at radius 2 is 1.81 bits per heavy atom. The summed E-state index contributed by atoms with van der Waals surface area (Å²) in [7, 11) is -3.32. The Hall–Kier alpha value is -1.56. The van der Waals surface area contributed by atoms with Crippen molar-refractivity contribution in [1.29, 1.82) is 5.41 Å². The molecule has 1 aromatic carbocycles. The summed E-state index contributed by atoms with van der Waals surface area (Å²) in [6.07, 6.45) is 0. The first kappa shape index (κ1) is 12.5. The molecule has 0 unspecified atom stereocenters. The van der Waals surface area contributed by atoms with Gasteiger partial charge in [0.05, 0.1) is 5.25 Å². The summed E-state index contributed by atoms with van der Waals surface area (Å²) in [6, 6.07) is 6.36. The van der Waals surface area contributed by atoms with Crippen molar-refractivity contribution in [2.45, 2.75) is 19.1 Å². The second kappa shape index (κ2) is 4.52. The topological polar surface area (TPSA) is 96.0 Å². The molecule has 4 N–H and O–H groups in total. The first-order valence-electron chi connectivity index (χ1n) is 4.79. The van der Waals surface area contributed by atoms with Crippen LogP contribution in [0.2, 0.25) is 0 Å². The molecule has 0 amide bonds. The van der Waals surface area contributed by atoms with Crippen molar-refractivity contribution in [1.82, 2.24) is 0 Å². The van der Waals surface area contributed by atoms with E-state index in [9.17, 15) is 8.42 Å². The third kappa shape index (κ3) is 2.96. The van der Waals surface area contributed by atoms with E-state index in [-0.39, 0.29) is 5.84 Å². The van der Waals surface area contributed by atoms with E-state index in [0.717, 1.165) is 0 Å². The van der Waals surface area contributed by atoms with Gasteiger partial charge in [-0.25, -0.2) is 8.42 Å². The highest BCUT2D eigenvalue weighted by Crippen LogP contribution is 2.12. The number of hydrogen-bond acceptors (Lipinski definition) is 3. The molecule has 16 heavy (non-hydrogen) atoms. The second-order valence-corrected chi connectivity index (χ2v) is 5.92. The fourth-order valence-electron chi connectivity index (χ4n) is 1.000. The Labute approximate surface area is 95.2 Å². The standard InChI is InChI=1S/C10H15N3O2S/c1-7(2)16(14,15)13-9-5-3-8(4-6-9)10(11)12/h3-7,13H,1-2H3,(H3,11,12). The van der Waals surface area contributed by atoms with Gasteiger partial charge in [0.1, 0.15) is 5.84 Å². The summed E-state index contributed by atoms with van der Waals surface area (Å²) in [4.78, 5) is 0. The van der Waals surface area contributed by atoms with Gasteiger partial charge < -0.3 is 5.73 Å². The van der Waals surface area contributed by atoms with Crippen LogP contribution in [-0.2, 0) is 10.0 Å². The molecule has 0 aliphatic rings. The van der Waals surface area contributed by atoms with Crippen molar-refractivity contribution in [2.75, 3.05) is 4.72 Å². The van der Waals surface area contributed by atoms with E-state index in [4.69, 9.17) is 11.1 Å². The Morgan fingerprint density at radius 3 is 2.19 bits per heavy atom. The van der Waals surface area contributed by atoms with Crippen molar-refractivity contribution in [3.05, 3.63) is 29.8 Å². The van der Waals surface area contributed by atoms with Gasteiger partial charge in [-0.15, -0.1) is 0 Å². The fourth-order valence-corrected chi connectivity index (χ4v) is 1.70. The molecule has 0 aliphatic carbocycles. The summed E-state index contributed by atoms with van der Waals surface area (Å²) in [5.41, 5.74) is 6.32. The van der Waals surface area contributed by atoms with Crippen molar-refractivity contribution in [2.24, 2.45) is 5.73 Å². The highest BCUT2D eigenvalue weighted by Gasteiger charge is 2.15. The monoisotopic (exact) mass is 241 g/mol. The first-order valence-corrected chi connectivity index (χ1v) is 6.33. The van der Waals surface area contributed by atoms with Gasteiger partial charge in [-0.1, -0.05) is 0 Å². The second-order valence-electron chi connectivity index (χ2n) is 3.69. The Bertz CT molecular complexity index is 477. The minimum atomic E-state index is -3.32. The Kier molecular flexibility index (Phi) is 3.54. The minimum absolute atomic E-state index is 0.0433. The normalized spacial score (nSPS) is 11.4. The van der Waals surface area contributed by atoms with Crippen molar-refractivity contribution < 1.29 is 8.42 Å². The molecular formula is C10H15N3O2S. The molecule has 0 fully saturated rings. The molecule has 0 aliphatic heterocycles. The maximum Gasteiger partial charge on any atom is 0.235 e. The van der Waals surface area contributed by atoms with Crippen LogP contribution in [0.15, 0.2) is 24.3 Å².